The predicted molar refractivity (Wildman–Crippen MR) is 50.9 cm³/mol. The Morgan fingerprint density at radius 2 is 1.69 bits per heavy atom. The summed E-state index contributed by atoms with van der Waals surface area (Å²) < 4.78 is 74.4. The summed E-state index contributed by atoms with van der Waals surface area (Å²) in [5, 5.41) is -1.67. The summed E-state index contributed by atoms with van der Waals surface area (Å²) in [6.45, 7) is 1.10. The normalized spacial score (nSPS) is 31.5. The van der Waals surface area contributed by atoms with E-state index in [4.69, 9.17) is 0 Å². The van der Waals surface area contributed by atoms with E-state index in [1.165, 1.54) is 0 Å². The van der Waals surface area contributed by atoms with E-state index in [1.807, 2.05) is 9.24 Å². The fourth-order valence-electron chi connectivity index (χ4n) is 1.52. The van der Waals surface area contributed by atoms with Crippen molar-refractivity contribution in [3.05, 3.63) is 23.8 Å². The van der Waals surface area contributed by atoms with Gasteiger partial charge in [-0.25, -0.2) is 0 Å². The lowest BCUT2D eigenvalue weighted by atomic mass is 9.85. The first kappa shape index (κ1) is 13.6. The molecule has 1 rings (SSSR count). The number of hydrogen-bond acceptors (Lipinski definition) is 0. The maximum absolute atomic E-state index is 12.5. The lowest BCUT2D eigenvalue weighted by Gasteiger charge is -2.34. The molecule has 0 nitrogen and oxygen atoms in total. The molecule has 3 atom stereocenters. The minimum absolute atomic E-state index is 0.476. The van der Waals surface area contributed by atoms with Crippen molar-refractivity contribution in [1.29, 1.82) is 0 Å². The van der Waals surface area contributed by atoms with E-state index in [0.717, 1.165) is 6.92 Å². The van der Waals surface area contributed by atoms with Gasteiger partial charge < -0.3 is 0 Å². The number of halogens is 6. The Bertz CT molecular complexity index is 333. The van der Waals surface area contributed by atoms with E-state index in [9.17, 15) is 26.3 Å². The average Bonchev–Trinajstić information content (AvgIpc) is 1.97. The topological polar surface area (TPSA) is 0 Å². The van der Waals surface area contributed by atoms with Gasteiger partial charge in [0.25, 0.3) is 0 Å². The van der Waals surface area contributed by atoms with Gasteiger partial charge in [0, 0.05) is 5.16 Å². The fraction of sp³-hybridized carbons (Fsp3) is 0.556. The fourth-order valence-corrected chi connectivity index (χ4v) is 2.00. The second-order valence-electron chi connectivity index (χ2n) is 3.84. The molecule has 92 valence electrons. The van der Waals surface area contributed by atoms with Crippen LogP contribution in [0.25, 0.3) is 0 Å². The number of hydrogen-bond donors (Lipinski definition) is 0. The third-order valence-corrected chi connectivity index (χ3v) is 2.81. The predicted octanol–water partition coefficient (Wildman–Crippen LogP) is 3.86. The Kier molecular flexibility index (Phi) is 3.18. The van der Waals surface area contributed by atoms with Gasteiger partial charge in [0.2, 0.25) is 0 Å². The van der Waals surface area contributed by atoms with E-state index in [1.54, 1.807) is 0 Å². The van der Waals surface area contributed by atoms with Gasteiger partial charge in [-0.05, 0) is 0 Å². The molecular weight excluding hydrogens is 253 g/mol. The maximum Gasteiger partial charge on any atom is 0.416 e. The quantitative estimate of drug-likeness (QED) is 0.459. The van der Waals surface area contributed by atoms with Crippen molar-refractivity contribution in [3.8, 4) is 0 Å². The summed E-state index contributed by atoms with van der Waals surface area (Å²) in [5.74, 6) is -1.92. The van der Waals surface area contributed by atoms with Gasteiger partial charge in [-0.1, -0.05) is 25.2 Å². The molecule has 3 unspecified atom stereocenters. The van der Waals surface area contributed by atoms with Gasteiger partial charge >= 0.3 is 12.4 Å². The van der Waals surface area contributed by atoms with Crippen LogP contribution >= 0.6 is 9.24 Å². The average molecular weight is 262 g/mol. The number of allylic oxidation sites excluding steroid dienone is 4. The Morgan fingerprint density at radius 3 is 2.00 bits per heavy atom. The Hall–Kier alpha value is -0.510. The molecule has 0 saturated heterocycles. The standard InChI is InChI=1S/C9H9F6P/c1-7(16)4-5(8(10,11)12)2-3-6(7)9(13,14)15/h2-4,6H,16H2,1H3. The van der Waals surface area contributed by atoms with Crippen LogP contribution in [-0.2, 0) is 0 Å². The molecule has 1 aliphatic rings. The molecule has 0 bridgehead atoms. The van der Waals surface area contributed by atoms with Gasteiger partial charge in [-0.15, -0.1) is 9.24 Å². The van der Waals surface area contributed by atoms with Crippen molar-refractivity contribution < 1.29 is 26.3 Å². The van der Waals surface area contributed by atoms with Crippen molar-refractivity contribution in [2.45, 2.75) is 24.4 Å². The summed E-state index contributed by atoms with van der Waals surface area (Å²) in [5.41, 5.74) is -1.05. The molecule has 0 aromatic heterocycles. The highest BCUT2D eigenvalue weighted by Crippen LogP contribution is 2.46. The molecule has 7 heteroatoms. The van der Waals surface area contributed by atoms with Crippen LogP contribution < -0.4 is 0 Å². The number of alkyl halides is 6. The van der Waals surface area contributed by atoms with Crippen LogP contribution in [-0.4, -0.2) is 17.5 Å². The van der Waals surface area contributed by atoms with Crippen LogP contribution in [0.1, 0.15) is 6.92 Å². The van der Waals surface area contributed by atoms with E-state index < -0.39 is 29.0 Å². The lowest BCUT2D eigenvalue weighted by molar-refractivity contribution is -0.166. The minimum Gasteiger partial charge on any atom is -0.170 e. The van der Waals surface area contributed by atoms with Crippen LogP contribution in [0.5, 0.6) is 0 Å². The highest BCUT2D eigenvalue weighted by atomic mass is 31.0. The Morgan fingerprint density at radius 1 is 1.19 bits per heavy atom. The van der Waals surface area contributed by atoms with Gasteiger partial charge in [0.05, 0.1) is 11.5 Å². The Labute approximate surface area is 90.6 Å². The highest BCUT2D eigenvalue weighted by Gasteiger charge is 2.49. The largest absolute Gasteiger partial charge is 0.416 e. The molecule has 0 spiro atoms. The highest BCUT2D eigenvalue weighted by molar-refractivity contribution is 7.19. The third kappa shape index (κ3) is 2.78. The molecule has 0 fully saturated rings. The molecule has 0 saturated carbocycles. The second-order valence-corrected chi connectivity index (χ2v) is 5.09. The first-order valence-corrected chi connectivity index (χ1v) is 4.86. The first-order valence-electron chi connectivity index (χ1n) is 4.28. The van der Waals surface area contributed by atoms with Crippen molar-refractivity contribution in [1.82, 2.24) is 0 Å². The zero-order valence-corrected chi connectivity index (χ0v) is 9.31. The van der Waals surface area contributed by atoms with Crippen molar-refractivity contribution in [2.24, 2.45) is 5.92 Å². The lowest BCUT2D eigenvalue weighted by Crippen LogP contribution is -2.39. The first-order chi connectivity index (χ1) is 6.94. The maximum atomic E-state index is 12.5. The van der Waals surface area contributed by atoms with Gasteiger partial charge in [-0.2, -0.15) is 26.3 Å². The van der Waals surface area contributed by atoms with E-state index in [0.29, 0.717) is 18.2 Å². The summed E-state index contributed by atoms with van der Waals surface area (Å²) in [7, 11) is 1.82. The van der Waals surface area contributed by atoms with Gasteiger partial charge in [-0.3, -0.25) is 0 Å². The van der Waals surface area contributed by atoms with Crippen LogP contribution in [0.2, 0.25) is 0 Å². The van der Waals surface area contributed by atoms with E-state index in [2.05, 4.69) is 0 Å². The molecule has 0 radical (unpaired) electrons. The Balaban J connectivity index is 3.08. The summed E-state index contributed by atoms with van der Waals surface area (Å²) in [6.07, 6.45) is -7.55. The summed E-state index contributed by atoms with van der Waals surface area (Å²) >= 11 is 0. The summed E-state index contributed by atoms with van der Waals surface area (Å²) in [4.78, 5) is 0. The zero-order valence-electron chi connectivity index (χ0n) is 8.15. The van der Waals surface area contributed by atoms with Crippen LogP contribution in [0.15, 0.2) is 23.8 Å². The molecule has 0 aromatic rings. The van der Waals surface area contributed by atoms with Crippen LogP contribution in [0.4, 0.5) is 26.3 Å². The van der Waals surface area contributed by atoms with Crippen molar-refractivity contribution >= 4 is 9.24 Å². The molecule has 0 aromatic carbocycles. The SMILES string of the molecule is CC1(P)C=C(C(F)(F)F)C=CC1C(F)(F)F. The second kappa shape index (κ2) is 3.76. The molecule has 1 aliphatic carbocycles. The smallest absolute Gasteiger partial charge is 0.170 e. The van der Waals surface area contributed by atoms with Crippen molar-refractivity contribution in [2.75, 3.05) is 0 Å². The molecule has 0 heterocycles. The zero-order chi connectivity index (χ0) is 12.8. The van der Waals surface area contributed by atoms with Crippen LogP contribution in [0, 0.1) is 5.92 Å². The molecule has 16 heavy (non-hydrogen) atoms. The molecule has 0 N–H and O–H groups in total. The number of rotatable bonds is 0. The molecule has 0 amide bonds. The monoisotopic (exact) mass is 262 g/mol. The van der Waals surface area contributed by atoms with E-state index >= 15 is 0 Å². The molecular formula is C9H9F6P. The summed E-state index contributed by atoms with van der Waals surface area (Å²) in [6, 6.07) is 0. The van der Waals surface area contributed by atoms with Gasteiger partial charge in [0.1, 0.15) is 0 Å². The van der Waals surface area contributed by atoms with E-state index in [-0.39, 0.29) is 0 Å². The van der Waals surface area contributed by atoms with Crippen LogP contribution in [0.3, 0.4) is 0 Å². The minimum atomic E-state index is -4.62. The van der Waals surface area contributed by atoms with Gasteiger partial charge in [0.15, 0.2) is 0 Å². The molecule has 0 aliphatic heterocycles. The van der Waals surface area contributed by atoms with Crippen molar-refractivity contribution in [3.63, 3.8) is 0 Å². The third-order valence-electron chi connectivity index (χ3n) is 2.28.